The van der Waals surface area contributed by atoms with Crippen LogP contribution in [0.3, 0.4) is 0 Å². The number of carbonyl (C=O) groups excluding carboxylic acids is 3. The van der Waals surface area contributed by atoms with Crippen molar-refractivity contribution in [1.29, 1.82) is 0 Å². The fourth-order valence-electron chi connectivity index (χ4n) is 2.67. The van der Waals surface area contributed by atoms with E-state index in [1.807, 2.05) is 0 Å². The molecule has 3 amide bonds. The first kappa shape index (κ1) is 21.4. The van der Waals surface area contributed by atoms with E-state index in [9.17, 15) is 27.6 Å². The average molecular weight is 419 g/mol. The van der Waals surface area contributed by atoms with Gasteiger partial charge in [0.1, 0.15) is 0 Å². The predicted molar refractivity (Wildman–Crippen MR) is 104 cm³/mol. The summed E-state index contributed by atoms with van der Waals surface area (Å²) in [6.45, 7) is 0.645. The molecule has 0 aromatic heterocycles. The third-order valence-corrected chi connectivity index (χ3v) is 4.54. The highest BCUT2D eigenvalue weighted by Crippen LogP contribution is 2.29. The van der Waals surface area contributed by atoms with Crippen LogP contribution in [-0.2, 0) is 11.0 Å². The Labute approximate surface area is 170 Å². The first-order valence-corrected chi connectivity index (χ1v) is 9.38. The first-order chi connectivity index (χ1) is 14.2. The summed E-state index contributed by atoms with van der Waals surface area (Å²) in [6, 6.07) is 9.95. The molecule has 30 heavy (non-hydrogen) atoms. The van der Waals surface area contributed by atoms with Gasteiger partial charge in [-0.15, -0.1) is 0 Å². The number of nitrogens with one attached hydrogen (secondary N) is 3. The van der Waals surface area contributed by atoms with Crippen LogP contribution < -0.4 is 16.0 Å². The van der Waals surface area contributed by atoms with Crippen molar-refractivity contribution in [3.05, 3.63) is 65.2 Å². The van der Waals surface area contributed by atoms with Gasteiger partial charge in [0, 0.05) is 35.8 Å². The second kappa shape index (κ2) is 8.98. The molecule has 0 spiro atoms. The van der Waals surface area contributed by atoms with Crippen LogP contribution in [0.15, 0.2) is 48.5 Å². The zero-order valence-corrected chi connectivity index (χ0v) is 15.9. The van der Waals surface area contributed by atoms with E-state index in [1.165, 1.54) is 24.3 Å². The SMILES string of the molecule is O=C(NCCNC(=O)C1CC1)c1ccc(NC(=O)c2ccc(C(F)(F)F)cc2)cc1. The van der Waals surface area contributed by atoms with Crippen LogP contribution in [-0.4, -0.2) is 30.8 Å². The summed E-state index contributed by atoms with van der Waals surface area (Å²) in [5, 5.41) is 7.99. The molecule has 158 valence electrons. The molecule has 1 aliphatic rings. The topological polar surface area (TPSA) is 87.3 Å². The molecule has 1 saturated carbocycles. The molecule has 2 aromatic rings. The smallest absolute Gasteiger partial charge is 0.354 e. The highest BCUT2D eigenvalue weighted by Gasteiger charge is 2.30. The maximum Gasteiger partial charge on any atom is 0.416 e. The molecule has 0 unspecified atom stereocenters. The number of amides is 3. The zero-order chi connectivity index (χ0) is 21.7. The van der Waals surface area contributed by atoms with Crippen LogP contribution in [0.5, 0.6) is 0 Å². The molecule has 0 aliphatic heterocycles. The maximum atomic E-state index is 12.6. The highest BCUT2D eigenvalue weighted by atomic mass is 19.4. The Kier molecular flexibility index (Phi) is 6.39. The zero-order valence-electron chi connectivity index (χ0n) is 15.9. The van der Waals surface area contributed by atoms with Crippen LogP contribution in [0, 0.1) is 5.92 Å². The molecule has 3 rings (SSSR count). The fraction of sp³-hybridized carbons (Fsp3) is 0.286. The minimum atomic E-state index is -4.46. The molecular formula is C21H20F3N3O3. The lowest BCUT2D eigenvalue weighted by atomic mass is 10.1. The van der Waals surface area contributed by atoms with Crippen molar-refractivity contribution in [3.63, 3.8) is 0 Å². The van der Waals surface area contributed by atoms with Gasteiger partial charge in [0.25, 0.3) is 11.8 Å². The molecule has 6 nitrogen and oxygen atoms in total. The Morgan fingerprint density at radius 2 is 1.33 bits per heavy atom. The average Bonchev–Trinajstić information content (AvgIpc) is 3.56. The molecule has 0 heterocycles. The van der Waals surface area contributed by atoms with E-state index < -0.39 is 17.6 Å². The third kappa shape index (κ3) is 5.82. The van der Waals surface area contributed by atoms with E-state index >= 15 is 0 Å². The van der Waals surface area contributed by atoms with Crippen molar-refractivity contribution in [3.8, 4) is 0 Å². The van der Waals surface area contributed by atoms with Gasteiger partial charge in [-0.1, -0.05) is 0 Å². The summed E-state index contributed by atoms with van der Waals surface area (Å²) in [5.74, 6) is -0.757. The molecule has 0 radical (unpaired) electrons. The van der Waals surface area contributed by atoms with Crippen LogP contribution >= 0.6 is 0 Å². The van der Waals surface area contributed by atoms with Gasteiger partial charge in [-0.3, -0.25) is 14.4 Å². The lowest BCUT2D eigenvalue weighted by Gasteiger charge is -2.09. The Morgan fingerprint density at radius 3 is 1.90 bits per heavy atom. The fourth-order valence-corrected chi connectivity index (χ4v) is 2.67. The molecular weight excluding hydrogens is 399 g/mol. The summed E-state index contributed by atoms with van der Waals surface area (Å²) in [4.78, 5) is 35.8. The van der Waals surface area contributed by atoms with Crippen molar-refractivity contribution >= 4 is 23.4 Å². The summed E-state index contributed by atoms with van der Waals surface area (Å²) < 4.78 is 37.8. The Morgan fingerprint density at radius 1 is 0.800 bits per heavy atom. The van der Waals surface area contributed by atoms with Gasteiger partial charge in [-0.05, 0) is 61.4 Å². The van der Waals surface area contributed by atoms with E-state index in [0.29, 0.717) is 24.3 Å². The lowest BCUT2D eigenvalue weighted by Crippen LogP contribution is -2.35. The van der Waals surface area contributed by atoms with Gasteiger partial charge in [-0.25, -0.2) is 0 Å². The summed E-state index contributed by atoms with van der Waals surface area (Å²) in [5.41, 5.74) is 0.0174. The summed E-state index contributed by atoms with van der Waals surface area (Å²) >= 11 is 0. The summed E-state index contributed by atoms with van der Waals surface area (Å²) in [6.07, 6.45) is -2.63. The van der Waals surface area contributed by atoms with Gasteiger partial charge in [0.15, 0.2) is 0 Å². The largest absolute Gasteiger partial charge is 0.416 e. The number of hydrogen-bond acceptors (Lipinski definition) is 3. The van der Waals surface area contributed by atoms with Gasteiger partial charge in [0.2, 0.25) is 5.91 Å². The molecule has 1 fully saturated rings. The van der Waals surface area contributed by atoms with E-state index in [1.54, 1.807) is 0 Å². The van der Waals surface area contributed by atoms with Gasteiger partial charge >= 0.3 is 6.18 Å². The Hall–Kier alpha value is -3.36. The van der Waals surface area contributed by atoms with Crippen molar-refractivity contribution in [2.45, 2.75) is 19.0 Å². The number of hydrogen-bond donors (Lipinski definition) is 3. The maximum absolute atomic E-state index is 12.6. The quantitative estimate of drug-likeness (QED) is 0.603. The number of halogens is 3. The van der Waals surface area contributed by atoms with Crippen LogP contribution in [0.4, 0.5) is 18.9 Å². The van der Waals surface area contributed by atoms with Crippen molar-refractivity contribution in [1.82, 2.24) is 10.6 Å². The third-order valence-electron chi connectivity index (χ3n) is 4.54. The van der Waals surface area contributed by atoms with E-state index in [4.69, 9.17) is 0 Å². The Balaban J connectivity index is 1.47. The van der Waals surface area contributed by atoms with E-state index in [0.717, 1.165) is 37.1 Å². The minimum absolute atomic E-state index is 0.0115. The monoisotopic (exact) mass is 419 g/mol. The van der Waals surface area contributed by atoms with Crippen LogP contribution in [0.2, 0.25) is 0 Å². The molecule has 9 heteroatoms. The van der Waals surface area contributed by atoms with Crippen molar-refractivity contribution in [2.75, 3.05) is 18.4 Å². The minimum Gasteiger partial charge on any atom is -0.354 e. The second-order valence-corrected chi connectivity index (χ2v) is 6.93. The number of anilines is 1. The molecule has 3 N–H and O–H groups in total. The van der Waals surface area contributed by atoms with E-state index in [2.05, 4.69) is 16.0 Å². The van der Waals surface area contributed by atoms with Crippen molar-refractivity contribution < 1.29 is 27.6 Å². The second-order valence-electron chi connectivity index (χ2n) is 6.93. The van der Waals surface area contributed by atoms with Gasteiger partial charge in [0.05, 0.1) is 5.56 Å². The highest BCUT2D eigenvalue weighted by molar-refractivity contribution is 6.04. The number of benzene rings is 2. The van der Waals surface area contributed by atoms with E-state index in [-0.39, 0.29) is 23.3 Å². The van der Waals surface area contributed by atoms with Gasteiger partial charge < -0.3 is 16.0 Å². The number of alkyl halides is 3. The first-order valence-electron chi connectivity index (χ1n) is 9.38. The van der Waals surface area contributed by atoms with Crippen LogP contribution in [0.25, 0.3) is 0 Å². The molecule has 0 saturated heterocycles. The molecule has 0 atom stereocenters. The Bertz CT molecular complexity index is 921. The normalized spacial score (nSPS) is 13.4. The number of rotatable bonds is 7. The molecule has 1 aliphatic carbocycles. The number of carbonyl (C=O) groups is 3. The van der Waals surface area contributed by atoms with Crippen LogP contribution in [0.1, 0.15) is 39.1 Å². The van der Waals surface area contributed by atoms with Gasteiger partial charge in [-0.2, -0.15) is 13.2 Å². The predicted octanol–water partition coefficient (Wildman–Crippen LogP) is 3.21. The summed E-state index contributed by atoms with van der Waals surface area (Å²) in [7, 11) is 0. The molecule has 2 aromatic carbocycles. The van der Waals surface area contributed by atoms with Crippen molar-refractivity contribution in [2.24, 2.45) is 5.92 Å². The molecule has 0 bridgehead atoms. The lowest BCUT2D eigenvalue weighted by molar-refractivity contribution is -0.137. The standard InChI is InChI=1S/C21H20F3N3O3/c22-21(23,24)16-7-3-15(4-8-16)20(30)27-17-9-5-14(6-10-17)19(29)26-12-11-25-18(28)13-1-2-13/h3-10,13H,1-2,11-12H2,(H,25,28)(H,26,29)(H,27,30).